The van der Waals surface area contributed by atoms with Gasteiger partial charge >= 0.3 is 0 Å². The molecule has 1 aliphatic rings. The lowest BCUT2D eigenvalue weighted by Crippen LogP contribution is -2.34. The van der Waals surface area contributed by atoms with Crippen LogP contribution in [-0.2, 0) is 4.79 Å². The van der Waals surface area contributed by atoms with E-state index in [0.29, 0.717) is 0 Å². The predicted molar refractivity (Wildman–Crippen MR) is 61.5 cm³/mol. The van der Waals surface area contributed by atoms with Crippen molar-refractivity contribution in [2.24, 2.45) is 5.41 Å². The summed E-state index contributed by atoms with van der Waals surface area (Å²) in [6, 6.07) is 0. The molecule has 0 heterocycles. The molecule has 0 spiro atoms. The van der Waals surface area contributed by atoms with E-state index in [1.165, 1.54) is 5.57 Å². The van der Waals surface area contributed by atoms with Crippen LogP contribution in [-0.4, -0.2) is 17.0 Å². The van der Waals surface area contributed by atoms with Gasteiger partial charge in [-0.05, 0) is 38.3 Å². The summed E-state index contributed by atoms with van der Waals surface area (Å²) in [4.78, 5) is 10.9. The Labute approximate surface area is 91.7 Å². The van der Waals surface area contributed by atoms with Gasteiger partial charge in [-0.3, -0.25) is 4.79 Å². The Balaban J connectivity index is 3.05. The lowest BCUT2D eigenvalue weighted by molar-refractivity contribution is -0.112. The van der Waals surface area contributed by atoms with Crippen LogP contribution in [0.2, 0.25) is 0 Å². The third-order valence-electron chi connectivity index (χ3n) is 3.26. The summed E-state index contributed by atoms with van der Waals surface area (Å²) < 4.78 is 0. The van der Waals surface area contributed by atoms with E-state index in [2.05, 4.69) is 6.92 Å². The smallest absolute Gasteiger partial charge is 0.152 e. The second-order valence-corrected chi connectivity index (χ2v) is 4.91. The molecule has 0 aliphatic heterocycles. The summed E-state index contributed by atoms with van der Waals surface area (Å²) in [5, 5.41) is 9.94. The molecule has 2 heteroatoms. The van der Waals surface area contributed by atoms with Crippen molar-refractivity contribution in [3.63, 3.8) is 0 Å². The van der Waals surface area contributed by atoms with Gasteiger partial charge in [-0.25, -0.2) is 0 Å². The van der Waals surface area contributed by atoms with E-state index in [1.54, 1.807) is 13.0 Å². The molecule has 0 aromatic carbocycles. The fraction of sp³-hybridized carbons (Fsp3) is 0.615. The summed E-state index contributed by atoms with van der Waals surface area (Å²) in [5.41, 5.74) is 2.15. The Hall–Kier alpha value is -0.890. The molecule has 0 saturated carbocycles. The van der Waals surface area contributed by atoms with Crippen LogP contribution in [0, 0.1) is 5.41 Å². The van der Waals surface area contributed by atoms with E-state index in [1.807, 2.05) is 19.9 Å². The normalized spacial score (nSPS) is 26.1. The zero-order valence-electron chi connectivity index (χ0n) is 10.0. The first kappa shape index (κ1) is 12.2. The third kappa shape index (κ3) is 2.57. The molecule has 1 atom stereocenters. The summed E-state index contributed by atoms with van der Waals surface area (Å²) in [5.74, 6) is 0.0474. The molecule has 0 aromatic rings. The number of rotatable bonds is 2. The van der Waals surface area contributed by atoms with Crippen molar-refractivity contribution in [2.75, 3.05) is 0 Å². The SMILES string of the molecule is CC(=O)/C=C/C1=C(C)CCC(O)C1(C)C. The molecule has 1 N–H and O–H groups in total. The molecular formula is C13H20O2. The number of hydrogen-bond acceptors (Lipinski definition) is 2. The van der Waals surface area contributed by atoms with Crippen LogP contribution < -0.4 is 0 Å². The molecule has 15 heavy (non-hydrogen) atoms. The summed E-state index contributed by atoms with van der Waals surface area (Å²) in [6.07, 6.45) is 4.87. The topological polar surface area (TPSA) is 37.3 Å². The molecule has 1 aliphatic carbocycles. The largest absolute Gasteiger partial charge is 0.392 e. The average molecular weight is 208 g/mol. The molecule has 1 unspecified atom stereocenters. The Kier molecular flexibility index (Phi) is 3.50. The van der Waals surface area contributed by atoms with E-state index in [4.69, 9.17) is 0 Å². The number of allylic oxidation sites excluding steroid dienone is 3. The average Bonchev–Trinajstić information content (AvgIpc) is 2.11. The lowest BCUT2D eigenvalue weighted by Gasteiger charge is -2.37. The van der Waals surface area contributed by atoms with Crippen LogP contribution in [0.4, 0.5) is 0 Å². The summed E-state index contributed by atoms with van der Waals surface area (Å²) in [7, 11) is 0. The minimum Gasteiger partial charge on any atom is -0.392 e. The van der Waals surface area contributed by atoms with Crippen LogP contribution in [0.3, 0.4) is 0 Å². The maximum Gasteiger partial charge on any atom is 0.152 e. The Morgan fingerprint density at radius 1 is 1.53 bits per heavy atom. The third-order valence-corrected chi connectivity index (χ3v) is 3.26. The van der Waals surface area contributed by atoms with Gasteiger partial charge in [-0.15, -0.1) is 0 Å². The zero-order chi connectivity index (χ0) is 11.6. The highest BCUT2D eigenvalue weighted by Gasteiger charge is 2.34. The van der Waals surface area contributed by atoms with E-state index < -0.39 is 0 Å². The van der Waals surface area contributed by atoms with Crippen LogP contribution in [0.15, 0.2) is 23.3 Å². The van der Waals surface area contributed by atoms with Gasteiger partial charge in [0.05, 0.1) is 6.10 Å². The highest BCUT2D eigenvalue weighted by Crippen LogP contribution is 2.40. The second-order valence-electron chi connectivity index (χ2n) is 4.91. The van der Waals surface area contributed by atoms with Crippen molar-refractivity contribution in [3.8, 4) is 0 Å². The Morgan fingerprint density at radius 2 is 2.13 bits per heavy atom. The maximum atomic E-state index is 10.9. The standard InChI is InChI=1S/C13H20O2/c1-9-5-8-12(15)13(3,4)11(9)7-6-10(2)14/h6-7,12,15H,5,8H2,1-4H3/b7-6+. The Morgan fingerprint density at radius 3 is 2.67 bits per heavy atom. The summed E-state index contributed by atoms with van der Waals surface area (Å²) in [6.45, 7) is 7.67. The molecule has 0 aromatic heterocycles. The number of carbonyl (C=O) groups excluding carboxylic acids is 1. The first-order valence-electron chi connectivity index (χ1n) is 5.42. The maximum absolute atomic E-state index is 10.9. The highest BCUT2D eigenvalue weighted by atomic mass is 16.3. The number of hydrogen-bond donors (Lipinski definition) is 1. The van der Waals surface area contributed by atoms with Gasteiger partial charge in [-0.2, -0.15) is 0 Å². The fourth-order valence-corrected chi connectivity index (χ4v) is 2.14. The van der Waals surface area contributed by atoms with E-state index >= 15 is 0 Å². The highest BCUT2D eigenvalue weighted by molar-refractivity contribution is 5.87. The molecular weight excluding hydrogens is 188 g/mol. The van der Waals surface area contributed by atoms with Crippen molar-refractivity contribution in [2.45, 2.75) is 46.6 Å². The molecule has 1 rings (SSSR count). The van der Waals surface area contributed by atoms with Crippen molar-refractivity contribution in [3.05, 3.63) is 23.3 Å². The van der Waals surface area contributed by atoms with Crippen LogP contribution in [0.1, 0.15) is 40.5 Å². The van der Waals surface area contributed by atoms with Crippen molar-refractivity contribution in [1.29, 1.82) is 0 Å². The van der Waals surface area contributed by atoms with Crippen LogP contribution in [0.5, 0.6) is 0 Å². The Bertz CT molecular complexity index is 321. The number of ketones is 1. The number of aliphatic hydroxyl groups is 1. The van der Waals surface area contributed by atoms with E-state index in [0.717, 1.165) is 18.4 Å². The lowest BCUT2D eigenvalue weighted by atomic mass is 9.70. The van der Waals surface area contributed by atoms with Crippen LogP contribution >= 0.6 is 0 Å². The van der Waals surface area contributed by atoms with Crippen LogP contribution in [0.25, 0.3) is 0 Å². The predicted octanol–water partition coefficient (Wildman–Crippen LogP) is 2.63. The quantitative estimate of drug-likeness (QED) is 0.708. The first-order chi connectivity index (χ1) is 6.85. The molecule has 0 fully saturated rings. The van der Waals surface area contributed by atoms with E-state index in [-0.39, 0.29) is 17.3 Å². The second kappa shape index (κ2) is 4.31. The van der Waals surface area contributed by atoms with Crippen molar-refractivity contribution >= 4 is 5.78 Å². The molecule has 84 valence electrons. The van der Waals surface area contributed by atoms with Gasteiger partial charge in [0.15, 0.2) is 5.78 Å². The van der Waals surface area contributed by atoms with Gasteiger partial charge in [0.1, 0.15) is 0 Å². The number of carbonyl (C=O) groups is 1. The first-order valence-corrected chi connectivity index (χ1v) is 5.42. The fourth-order valence-electron chi connectivity index (χ4n) is 2.14. The molecule has 0 radical (unpaired) electrons. The van der Waals surface area contributed by atoms with Gasteiger partial charge in [0.25, 0.3) is 0 Å². The minimum atomic E-state index is -0.312. The monoisotopic (exact) mass is 208 g/mol. The van der Waals surface area contributed by atoms with Gasteiger partial charge in [0, 0.05) is 5.41 Å². The molecule has 0 saturated heterocycles. The number of aliphatic hydroxyl groups excluding tert-OH is 1. The minimum absolute atomic E-state index is 0.0474. The van der Waals surface area contributed by atoms with Gasteiger partial charge < -0.3 is 5.11 Å². The van der Waals surface area contributed by atoms with Gasteiger partial charge in [-0.1, -0.05) is 25.5 Å². The molecule has 2 nitrogen and oxygen atoms in total. The van der Waals surface area contributed by atoms with Crippen molar-refractivity contribution in [1.82, 2.24) is 0 Å². The molecule has 0 bridgehead atoms. The van der Waals surface area contributed by atoms with E-state index in [9.17, 15) is 9.90 Å². The van der Waals surface area contributed by atoms with Gasteiger partial charge in [0.2, 0.25) is 0 Å². The van der Waals surface area contributed by atoms with Crippen molar-refractivity contribution < 1.29 is 9.90 Å². The molecule has 0 amide bonds. The zero-order valence-corrected chi connectivity index (χ0v) is 10.0. The summed E-state index contributed by atoms with van der Waals surface area (Å²) >= 11 is 0.